The number of nitrogens with zero attached hydrogens (tertiary/aromatic N) is 3. The largest absolute Gasteiger partial charge is 0.462 e. The van der Waals surface area contributed by atoms with Crippen molar-refractivity contribution < 1.29 is 9.53 Å². The molecule has 5 nitrogen and oxygen atoms in total. The zero-order valence-corrected chi connectivity index (χ0v) is 13.0. The molecule has 2 aromatic heterocycles. The maximum Gasteiger partial charge on any atom is 0.341 e. The molecule has 1 aliphatic carbocycles. The summed E-state index contributed by atoms with van der Waals surface area (Å²) < 4.78 is 6.78. The van der Waals surface area contributed by atoms with Crippen molar-refractivity contribution in [2.75, 3.05) is 6.61 Å². The SMILES string of the molecule is CCOC(=O)c1cnc2c(c(C3CCCC3)nn2C)c1Cl. The second-order valence-electron chi connectivity index (χ2n) is 5.40. The van der Waals surface area contributed by atoms with Gasteiger partial charge >= 0.3 is 5.97 Å². The fourth-order valence-corrected chi connectivity index (χ4v) is 3.35. The summed E-state index contributed by atoms with van der Waals surface area (Å²) in [7, 11) is 1.86. The molecule has 0 aliphatic heterocycles. The molecule has 0 unspecified atom stereocenters. The molecule has 0 saturated heterocycles. The van der Waals surface area contributed by atoms with Crippen LogP contribution in [0.25, 0.3) is 11.0 Å². The first-order valence-electron chi connectivity index (χ1n) is 7.31. The first kappa shape index (κ1) is 14.3. The highest BCUT2D eigenvalue weighted by atomic mass is 35.5. The molecule has 0 spiro atoms. The molecule has 3 rings (SSSR count). The highest BCUT2D eigenvalue weighted by Crippen LogP contribution is 2.39. The van der Waals surface area contributed by atoms with Gasteiger partial charge in [0.25, 0.3) is 0 Å². The third kappa shape index (κ3) is 2.39. The topological polar surface area (TPSA) is 57.0 Å². The molecular weight excluding hydrogens is 290 g/mol. The number of pyridine rings is 1. The summed E-state index contributed by atoms with van der Waals surface area (Å²) in [5.41, 5.74) is 2.00. The van der Waals surface area contributed by atoms with Crippen molar-refractivity contribution in [1.82, 2.24) is 14.8 Å². The van der Waals surface area contributed by atoms with Crippen molar-refractivity contribution in [3.63, 3.8) is 0 Å². The summed E-state index contributed by atoms with van der Waals surface area (Å²) in [5, 5.41) is 5.81. The van der Waals surface area contributed by atoms with Gasteiger partial charge in [0.05, 0.1) is 28.3 Å². The lowest BCUT2D eigenvalue weighted by atomic mass is 10.0. The summed E-state index contributed by atoms with van der Waals surface area (Å²) >= 11 is 6.47. The average Bonchev–Trinajstić information content (AvgIpc) is 3.08. The van der Waals surface area contributed by atoms with E-state index in [4.69, 9.17) is 16.3 Å². The fraction of sp³-hybridized carbons (Fsp3) is 0.533. The van der Waals surface area contributed by atoms with Gasteiger partial charge in [-0.3, -0.25) is 4.68 Å². The van der Waals surface area contributed by atoms with Gasteiger partial charge < -0.3 is 4.74 Å². The minimum Gasteiger partial charge on any atom is -0.462 e. The van der Waals surface area contributed by atoms with E-state index in [0.717, 1.165) is 29.6 Å². The number of hydrogen-bond acceptors (Lipinski definition) is 4. The van der Waals surface area contributed by atoms with Crippen LogP contribution in [0.4, 0.5) is 0 Å². The van der Waals surface area contributed by atoms with Crippen LogP contribution < -0.4 is 0 Å². The number of aromatic nitrogens is 3. The van der Waals surface area contributed by atoms with Crippen LogP contribution in [0.15, 0.2) is 6.20 Å². The maximum atomic E-state index is 12.0. The molecular formula is C15H18ClN3O2. The Labute approximate surface area is 128 Å². The number of rotatable bonds is 3. The number of carbonyl (C=O) groups is 1. The predicted molar refractivity (Wildman–Crippen MR) is 80.7 cm³/mol. The predicted octanol–water partition coefficient (Wildman–Crippen LogP) is 3.46. The second-order valence-corrected chi connectivity index (χ2v) is 5.77. The van der Waals surface area contributed by atoms with E-state index in [0.29, 0.717) is 23.1 Å². The fourth-order valence-electron chi connectivity index (χ4n) is 3.05. The van der Waals surface area contributed by atoms with E-state index in [1.165, 1.54) is 19.0 Å². The van der Waals surface area contributed by atoms with Gasteiger partial charge in [-0.15, -0.1) is 0 Å². The Kier molecular flexibility index (Phi) is 3.85. The molecule has 0 atom stereocenters. The maximum absolute atomic E-state index is 12.0. The third-order valence-electron chi connectivity index (χ3n) is 4.05. The number of hydrogen-bond donors (Lipinski definition) is 0. The monoisotopic (exact) mass is 307 g/mol. The number of ether oxygens (including phenoxy) is 1. The Morgan fingerprint density at radius 1 is 1.48 bits per heavy atom. The van der Waals surface area contributed by atoms with Crippen LogP contribution in [0, 0.1) is 0 Å². The Hall–Kier alpha value is -1.62. The Morgan fingerprint density at radius 2 is 2.19 bits per heavy atom. The Morgan fingerprint density at radius 3 is 2.86 bits per heavy atom. The zero-order valence-electron chi connectivity index (χ0n) is 12.2. The van der Waals surface area contributed by atoms with Crippen LogP contribution in [0.2, 0.25) is 5.02 Å². The van der Waals surface area contributed by atoms with Gasteiger partial charge in [0.15, 0.2) is 5.65 Å². The number of aryl methyl sites for hydroxylation is 1. The summed E-state index contributed by atoms with van der Waals surface area (Å²) in [4.78, 5) is 16.3. The van der Waals surface area contributed by atoms with Gasteiger partial charge in [-0.2, -0.15) is 5.10 Å². The Bertz CT molecular complexity index is 690. The van der Waals surface area contributed by atoms with Gasteiger partial charge in [-0.1, -0.05) is 24.4 Å². The molecule has 2 aromatic rings. The molecule has 0 radical (unpaired) electrons. The van der Waals surface area contributed by atoms with Crippen LogP contribution >= 0.6 is 11.6 Å². The first-order chi connectivity index (χ1) is 10.1. The minimum atomic E-state index is -0.432. The van der Waals surface area contributed by atoms with Gasteiger partial charge in [-0.25, -0.2) is 9.78 Å². The quantitative estimate of drug-likeness (QED) is 0.815. The van der Waals surface area contributed by atoms with Crippen LogP contribution in [0.1, 0.15) is 54.6 Å². The number of esters is 1. The van der Waals surface area contributed by atoms with Crippen molar-refractivity contribution >= 4 is 28.6 Å². The normalized spacial score (nSPS) is 15.8. The molecule has 0 bridgehead atoms. The lowest BCUT2D eigenvalue weighted by Gasteiger charge is -2.08. The summed E-state index contributed by atoms with van der Waals surface area (Å²) in [6, 6.07) is 0. The van der Waals surface area contributed by atoms with E-state index >= 15 is 0 Å². The number of fused-ring (bicyclic) bond motifs is 1. The molecule has 1 saturated carbocycles. The van der Waals surface area contributed by atoms with E-state index in [9.17, 15) is 4.79 Å². The summed E-state index contributed by atoms with van der Waals surface area (Å²) in [5.74, 6) is -0.0245. The smallest absolute Gasteiger partial charge is 0.341 e. The third-order valence-corrected chi connectivity index (χ3v) is 4.45. The van der Waals surface area contributed by atoms with Crippen molar-refractivity contribution in [2.45, 2.75) is 38.5 Å². The van der Waals surface area contributed by atoms with E-state index in [-0.39, 0.29) is 0 Å². The molecule has 112 valence electrons. The van der Waals surface area contributed by atoms with Crippen LogP contribution in [0.3, 0.4) is 0 Å². The molecule has 6 heteroatoms. The number of carbonyl (C=O) groups excluding carboxylic acids is 1. The van der Waals surface area contributed by atoms with Gasteiger partial charge in [0, 0.05) is 19.2 Å². The first-order valence-corrected chi connectivity index (χ1v) is 7.69. The minimum absolute atomic E-state index is 0.315. The Balaban J connectivity index is 2.16. The van der Waals surface area contributed by atoms with Crippen LogP contribution in [-0.4, -0.2) is 27.3 Å². The van der Waals surface area contributed by atoms with E-state index in [1.54, 1.807) is 11.6 Å². The molecule has 21 heavy (non-hydrogen) atoms. The van der Waals surface area contributed by atoms with Crippen molar-refractivity contribution in [1.29, 1.82) is 0 Å². The lowest BCUT2D eigenvalue weighted by Crippen LogP contribution is -2.06. The highest BCUT2D eigenvalue weighted by molar-refractivity contribution is 6.38. The van der Waals surface area contributed by atoms with Gasteiger partial charge in [-0.05, 0) is 19.8 Å². The van der Waals surface area contributed by atoms with Crippen molar-refractivity contribution in [3.8, 4) is 0 Å². The summed E-state index contributed by atoms with van der Waals surface area (Å²) in [6.07, 6.45) is 6.14. The average molecular weight is 308 g/mol. The van der Waals surface area contributed by atoms with Crippen LogP contribution in [0.5, 0.6) is 0 Å². The number of halogens is 1. The molecule has 0 amide bonds. The molecule has 1 fully saturated rings. The van der Waals surface area contributed by atoms with Crippen LogP contribution in [-0.2, 0) is 11.8 Å². The van der Waals surface area contributed by atoms with E-state index < -0.39 is 5.97 Å². The highest BCUT2D eigenvalue weighted by Gasteiger charge is 2.27. The molecule has 2 heterocycles. The molecule has 1 aliphatic rings. The zero-order chi connectivity index (χ0) is 15.0. The van der Waals surface area contributed by atoms with Gasteiger partial charge in [0.2, 0.25) is 0 Å². The summed E-state index contributed by atoms with van der Waals surface area (Å²) in [6.45, 7) is 2.08. The molecule has 0 N–H and O–H groups in total. The standard InChI is InChI=1S/C15H18ClN3O2/c1-3-21-15(20)10-8-17-14-11(12(10)16)13(18-19(14)2)9-6-4-5-7-9/h8-9H,3-7H2,1-2H3. The van der Waals surface area contributed by atoms with Gasteiger partial charge in [0.1, 0.15) is 0 Å². The van der Waals surface area contributed by atoms with E-state index in [1.807, 2.05) is 7.05 Å². The molecule has 0 aromatic carbocycles. The lowest BCUT2D eigenvalue weighted by molar-refractivity contribution is 0.0526. The van der Waals surface area contributed by atoms with Crippen molar-refractivity contribution in [3.05, 3.63) is 22.5 Å². The van der Waals surface area contributed by atoms with E-state index in [2.05, 4.69) is 10.1 Å². The second kappa shape index (κ2) is 5.64. The van der Waals surface area contributed by atoms with Crippen molar-refractivity contribution in [2.24, 2.45) is 7.05 Å².